The topological polar surface area (TPSA) is 104 Å². The average Bonchev–Trinajstić information content (AvgIpc) is 3.17. The van der Waals surface area contributed by atoms with E-state index in [0.717, 1.165) is 44.3 Å². The molecule has 0 radical (unpaired) electrons. The van der Waals surface area contributed by atoms with Gasteiger partial charge in [0, 0.05) is 50.9 Å². The Balaban J connectivity index is 1.45. The van der Waals surface area contributed by atoms with E-state index in [9.17, 15) is 14.9 Å². The summed E-state index contributed by atoms with van der Waals surface area (Å²) in [6.45, 7) is 10.00. The summed E-state index contributed by atoms with van der Waals surface area (Å²) < 4.78 is 16.3. The number of ether oxygens (including phenoxy) is 3. The first-order valence-electron chi connectivity index (χ1n) is 12.3. The fourth-order valence-electron chi connectivity index (χ4n) is 4.19. The first-order valence-corrected chi connectivity index (χ1v) is 13.3. The summed E-state index contributed by atoms with van der Waals surface area (Å²) in [5, 5.41) is 12.4. The Kier molecular flexibility index (Phi) is 11.0. The number of benzene rings is 1. The number of carbonyl (C=O) groups is 2. The van der Waals surface area contributed by atoms with Crippen molar-refractivity contribution in [3.05, 3.63) is 24.3 Å². The molecule has 0 saturated carbocycles. The molecule has 192 valence electrons. The van der Waals surface area contributed by atoms with Crippen molar-refractivity contribution in [2.24, 2.45) is 5.92 Å². The second-order valence-corrected chi connectivity index (χ2v) is 9.80. The van der Waals surface area contributed by atoms with Gasteiger partial charge in [-0.2, -0.15) is 5.26 Å². The fourth-order valence-corrected chi connectivity index (χ4v) is 5.78. The quantitative estimate of drug-likeness (QED) is 0.406. The number of carbonyl (C=O) groups excluding carboxylic acids is 2. The number of esters is 1. The molecular weight excluding hydrogens is 468 g/mol. The first kappa shape index (κ1) is 27.1. The number of nitrogens with zero attached hydrogens (tertiary/aromatic N) is 3. The smallest absolute Gasteiger partial charge is 0.323 e. The van der Waals surface area contributed by atoms with Crippen molar-refractivity contribution in [3.63, 3.8) is 0 Å². The highest BCUT2D eigenvalue weighted by molar-refractivity contribution is 8.01. The highest BCUT2D eigenvalue weighted by Gasteiger charge is 2.41. The molecule has 1 aromatic rings. The fraction of sp³-hybridized carbons (Fsp3) is 0.640. The molecule has 0 aromatic heterocycles. The van der Waals surface area contributed by atoms with Crippen LogP contribution in [0, 0.1) is 17.2 Å². The summed E-state index contributed by atoms with van der Waals surface area (Å²) in [7, 11) is 0. The summed E-state index contributed by atoms with van der Waals surface area (Å²) in [5.74, 6) is -0.508. The van der Waals surface area contributed by atoms with Crippen LogP contribution in [0.5, 0.6) is 5.75 Å². The van der Waals surface area contributed by atoms with Crippen LogP contribution in [0.3, 0.4) is 0 Å². The number of anilines is 1. The normalized spacial score (nSPS) is 21.4. The van der Waals surface area contributed by atoms with Gasteiger partial charge in [-0.25, -0.2) is 0 Å². The van der Waals surface area contributed by atoms with E-state index in [4.69, 9.17) is 14.2 Å². The predicted molar refractivity (Wildman–Crippen MR) is 135 cm³/mol. The summed E-state index contributed by atoms with van der Waals surface area (Å²) in [6, 6.07) is 9.88. The highest BCUT2D eigenvalue weighted by atomic mass is 32.2. The molecular formula is C25H36N4O5S. The van der Waals surface area contributed by atoms with E-state index in [0.29, 0.717) is 26.1 Å². The number of amides is 1. The SMILES string of the molecule is CCOC(=O)C(C#N)CC1SC(CCNc2cccc(OCCN3CCOCC3)c2)C(=O)N1CC. The molecule has 2 heterocycles. The second-order valence-electron chi connectivity index (χ2n) is 8.42. The van der Waals surface area contributed by atoms with Crippen molar-refractivity contribution in [1.29, 1.82) is 5.26 Å². The summed E-state index contributed by atoms with van der Waals surface area (Å²) in [4.78, 5) is 29.0. The lowest BCUT2D eigenvalue weighted by Gasteiger charge is -2.26. The Labute approximate surface area is 212 Å². The molecule has 9 nitrogen and oxygen atoms in total. The van der Waals surface area contributed by atoms with Crippen LogP contribution in [-0.4, -0.2) is 91.5 Å². The van der Waals surface area contributed by atoms with Crippen molar-refractivity contribution in [1.82, 2.24) is 9.80 Å². The van der Waals surface area contributed by atoms with Gasteiger partial charge in [-0.15, -0.1) is 11.8 Å². The molecule has 3 rings (SSSR count). The molecule has 1 aromatic carbocycles. The number of morpholine rings is 1. The van der Waals surface area contributed by atoms with Gasteiger partial charge in [-0.05, 0) is 32.4 Å². The highest BCUT2D eigenvalue weighted by Crippen LogP contribution is 2.37. The van der Waals surface area contributed by atoms with Crippen molar-refractivity contribution in [3.8, 4) is 11.8 Å². The average molecular weight is 505 g/mol. The van der Waals surface area contributed by atoms with Gasteiger partial charge in [0.25, 0.3) is 0 Å². The number of hydrogen-bond acceptors (Lipinski definition) is 9. The van der Waals surface area contributed by atoms with Gasteiger partial charge in [-0.3, -0.25) is 14.5 Å². The lowest BCUT2D eigenvalue weighted by atomic mass is 10.1. The van der Waals surface area contributed by atoms with Gasteiger partial charge in [-0.1, -0.05) is 6.07 Å². The van der Waals surface area contributed by atoms with Crippen LogP contribution in [0.1, 0.15) is 26.7 Å². The van der Waals surface area contributed by atoms with E-state index in [1.165, 1.54) is 11.8 Å². The van der Waals surface area contributed by atoms with Crippen LogP contribution in [0.2, 0.25) is 0 Å². The van der Waals surface area contributed by atoms with Crippen molar-refractivity contribution < 1.29 is 23.8 Å². The molecule has 1 N–H and O–H groups in total. The number of nitrogens with one attached hydrogen (secondary N) is 1. The third-order valence-corrected chi connectivity index (χ3v) is 7.61. The van der Waals surface area contributed by atoms with Gasteiger partial charge in [0.15, 0.2) is 0 Å². The molecule has 2 saturated heterocycles. The van der Waals surface area contributed by atoms with Crippen LogP contribution in [-0.2, 0) is 19.1 Å². The zero-order valence-corrected chi connectivity index (χ0v) is 21.4. The molecule has 0 bridgehead atoms. The summed E-state index contributed by atoms with van der Waals surface area (Å²) in [5.41, 5.74) is 0.945. The van der Waals surface area contributed by atoms with E-state index < -0.39 is 11.9 Å². The lowest BCUT2D eigenvalue weighted by Crippen LogP contribution is -2.38. The van der Waals surface area contributed by atoms with Gasteiger partial charge < -0.3 is 24.4 Å². The molecule has 10 heteroatoms. The van der Waals surface area contributed by atoms with E-state index in [1.54, 1.807) is 11.8 Å². The van der Waals surface area contributed by atoms with Gasteiger partial charge in [0.2, 0.25) is 5.91 Å². The zero-order chi connectivity index (χ0) is 25.0. The van der Waals surface area contributed by atoms with E-state index in [2.05, 4.69) is 10.2 Å². The minimum absolute atomic E-state index is 0.0602. The Morgan fingerprint density at radius 3 is 2.86 bits per heavy atom. The Morgan fingerprint density at radius 2 is 2.14 bits per heavy atom. The van der Waals surface area contributed by atoms with Crippen molar-refractivity contribution in [2.45, 2.75) is 37.3 Å². The first-order chi connectivity index (χ1) is 17.0. The van der Waals surface area contributed by atoms with Gasteiger partial charge in [0.05, 0.1) is 36.5 Å². The minimum atomic E-state index is -0.864. The summed E-state index contributed by atoms with van der Waals surface area (Å²) in [6.07, 6.45) is 0.933. The monoisotopic (exact) mass is 504 g/mol. The standard InChI is InChI=1S/C25H36N4O5S/c1-3-29-23(16-19(18-26)25(31)33-4-2)35-22(24(29)30)8-9-27-20-6-5-7-21(17-20)34-15-12-28-10-13-32-14-11-28/h5-7,17,19,22-23,27H,3-4,8-16H2,1-2H3. The van der Waals surface area contributed by atoms with Crippen LogP contribution in [0.4, 0.5) is 5.69 Å². The van der Waals surface area contributed by atoms with Crippen LogP contribution >= 0.6 is 11.8 Å². The minimum Gasteiger partial charge on any atom is -0.492 e. The number of thioether (sulfide) groups is 1. The van der Waals surface area contributed by atoms with Gasteiger partial charge in [0.1, 0.15) is 18.3 Å². The van der Waals surface area contributed by atoms with Gasteiger partial charge >= 0.3 is 5.97 Å². The van der Waals surface area contributed by atoms with Crippen LogP contribution < -0.4 is 10.1 Å². The molecule has 3 unspecified atom stereocenters. The molecule has 0 aliphatic carbocycles. The number of rotatable bonds is 13. The largest absolute Gasteiger partial charge is 0.492 e. The van der Waals surface area contributed by atoms with Crippen molar-refractivity contribution >= 4 is 29.3 Å². The predicted octanol–water partition coefficient (Wildman–Crippen LogP) is 2.58. The number of nitriles is 1. The van der Waals surface area contributed by atoms with Crippen LogP contribution in [0.15, 0.2) is 24.3 Å². The molecule has 2 fully saturated rings. The molecule has 2 aliphatic heterocycles. The Morgan fingerprint density at radius 1 is 1.34 bits per heavy atom. The second kappa shape index (κ2) is 14.2. The number of hydrogen-bond donors (Lipinski definition) is 1. The molecule has 3 atom stereocenters. The molecule has 35 heavy (non-hydrogen) atoms. The Bertz CT molecular complexity index is 874. The van der Waals surface area contributed by atoms with Crippen LogP contribution in [0.25, 0.3) is 0 Å². The third-order valence-electron chi connectivity index (χ3n) is 6.08. The summed E-state index contributed by atoms with van der Waals surface area (Å²) >= 11 is 1.53. The van der Waals surface area contributed by atoms with E-state index in [-0.39, 0.29) is 29.6 Å². The molecule has 1 amide bonds. The Hall–Kier alpha value is -2.48. The third kappa shape index (κ3) is 8.02. The van der Waals surface area contributed by atoms with E-state index in [1.807, 2.05) is 37.3 Å². The van der Waals surface area contributed by atoms with E-state index >= 15 is 0 Å². The maximum absolute atomic E-state index is 12.9. The maximum Gasteiger partial charge on any atom is 0.323 e. The lowest BCUT2D eigenvalue weighted by molar-refractivity contribution is -0.146. The van der Waals surface area contributed by atoms with Crippen molar-refractivity contribution in [2.75, 3.05) is 64.5 Å². The maximum atomic E-state index is 12.9. The zero-order valence-electron chi connectivity index (χ0n) is 20.6. The molecule has 0 spiro atoms. The molecule has 2 aliphatic rings.